The molecule has 2 aliphatic rings. The molecule has 1 aliphatic carbocycles. The van der Waals surface area contributed by atoms with E-state index in [0.717, 1.165) is 6.42 Å². The van der Waals surface area contributed by atoms with E-state index in [1.54, 1.807) is 0 Å². The summed E-state index contributed by atoms with van der Waals surface area (Å²) in [6.45, 7) is 3.60. The number of halogens is 1. The summed E-state index contributed by atoms with van der Waals surface area (Å²) in [6.07, 6.45) is 4.92. The Hall–Kier alpha value is -0.540. The van der Waals surface area contributed by atoms with Gasteiger partial charge in [-0.3, -0.25) is 0 Å². The maximum absolute atomic E-state index is 9.75. The van der Waals surface area contributed by atoms with Crippen molar-refractivity contribution in [1.82, 2.24) is 4.90 Å². The number of aryl methyl sites for hydroxylation is 1. The van der Waals surface area contributed by atoms with E-state index in [1.807, 2.05) is 12.1 Å². The summed E-state index contributed by atoms with van der Waals surface area (Å²) >= 11 is 0. The molecule has 18 heavy (non-hydrogen) atoms. The van der Waals surface area contributed by atoms with Gasteiger partial charge in [0.15, 0.2) is 0 Å². The van der Waals surface area contributed by atoms with Crippen LogP contribution in [0.5, 0.6) is 5.75 Å². The van der Waals surface area contributed by atoms with Gasteiger partial charge >= 0.3 is 0 Å². The van der Waals surface area contributed by atoms with Crippen LogP contribution in [0, 0.1) is 0 Å². The van der Waals surface area contributed by atoms with Crippen LogP contribution in [0.4, 0.5) is 0 Å². The van der Waals surface area contributed by atoms with E-state index < -0.39 is 0 Å². The third kappa shape index (κ3) is 1.97. The molecule has 0 saturated carbocycles. The van der Waals surface area contributed by atoms with E-state index in [9.17, 15) is 5.11 Å². The summed E-state index contributed by atoms with van der Waals surface area (Å²) in [4.78, 5) is 2.51. The Bertz CT molecular complexity index is 448. The zero-order valence-electron chi connectivity index (χ0n) is 11.1. The lowest BCUT2D eigenvalue weighted by molar-refractivity contribution is 0.0852. The first kappa shape index (κ1) is 13.9. The Morgan fingerprint density at radius 3 is 2.94 bits per heavy atom. The van der Waals surface area contributed by atoms with E-state index in [0.29, 0.717) is 11.8 Å². The molecule has 1 heterocycles. The summed E-state index contributed by atoms with van der Waals surface area (Å²) in [5.74, 6) is 0.416. The molecule has 3 rings (SSSR count). The number of phenols is 1. The number of benzene rings is 1. The summed E-state index contributed by atoms with van der Waals surface area (Å²) in [5, 5.41) is 9.75. The molecule has 0 aromatic heterocycles. The average molecular weight is 312 g/mol. The molecule has 2 atom stereocenters. The minimum Gasteiger partial charge on any atom is -0.508 e. The van der Waals surface area contributed by atoms with Gasteiger partial charge in [-0.05, 0) is 62.5 Å². The van der Waals surface area contributed by atoms with Crippen molar-refractivity contribution in [2.75, 3.05) is 13.6 Å². The number of phenolic OH excluding ortho intramolecular Hbond substituents is 1. The van der Waals surface area contributed by atoms with Gasteiger partial charge in [0.2, 0.25) is 0 Å². The molecular weight excluding hydrogens is 290 g/mol. The molecule has 0 spiro atoms. The highest BCUT2D eigenvalue weighted by atomic mass is 79.9. The first-order valence-electron chi connectivity index (χ1n) is 6.64. The highest BCUT2D eigenvalue weighted by Gasteiger charge is 2.44. The number of hydrogen-bond donors (Lipinski definition) is 1. The van der Waals surface area contributed by atoms with Crippen molar-refractivity contribution in [3.63, 3.8) is 0 Å². The molecular formula is C15H22BrNO. The molecule has 100 valence electrons. The van der Waals surface area contributed by atoms with Crippen molar-refractivity contribution in [3.8, 4) is 5.75 Å². The normalized spacial score (nSPS) is 31.1. The first-order chi connectivity index (χ1) is 8.11. The lowest BCUT2D eigenvalue weighted by Crippen LogP contribution is -2.54. The van der Waals surface area contributed by atoms with Gasteiger partial charge in [0.1, 0.15) is 5.75 Å². The third-order valence-electron chi connectivity index (χ3n) is 4.87. The predicted octanol–water partition coefficient (Wildman–Crippen LogP) is 3.27. The zero-order chi connectivity index (χ0) is 12.0. The maximum Gasteiger partial charge on any atom is 0.115 e. The maximum atomic E-state index is 9.75. The monoisotopic (exact) mass is 311 g/mol. The first-order valence-corrected chi connectivity index (χ1v) is 6.64. The van der Waals surface area contributed by atoms with Crippen molar-refractivity contribution in [2.45, 2.75) is 44.1 Å². The molecule has 1 aromatic carbocycles. The number of likely N-dealkylation sites (N-methyl/N-ethyl adjacent to an activating group) is 1. The Morgan fingerprint density at radius 1 is 1.39 bits per heavy atom. The van der Waals surface area contributed by atoms with Gasteiger partial charge in [-0.2, -0.15) is 0 Å². The number of fused-ring (bicyclic) bond motifs is 3. The molecule has 0 amide bonds. The van der Waals surface area contributed by atoms with E-state index in [-0.39, 0.29) is 22.4 Å². The number of rotatable bonds is 0. The topological polar surface area (TPSA) is 23.5 Å². The fourth-order valence-electron chi connectivity index (χ4n) is 3.96. The van der Waals surface area contributed by atoms with Gasteiger partial charge in [-0.15, -0.1) is 17.0 Å². The SMILES string of the molecule is Br.CN1CCC[C@@]2(C)c3cc(O)ccc3CC[C@@H]12. The Labute approximate surface area is 120 Å². The molecule has 2 nitrogen and oxygen atoms in total. The van der Waals surface area contributed by atoms with Crippen LogP contribution >= 0.6 is 17.0 Å². The summed E-state index contributed by atoms with van der Waals surface area (Å²) in [7, 11) is 2.25. The van der Waals surface area contributed by atoms with Gasteiger partial charge < -0.3 is 10.0 Å². The van der Waals surface area contributed by atoms with Crippen molar-refractivity contribution < 1.29 is 5.11 Å². The van der Waals surface area contributed by atoms with Crippen LogP contribution in [-0.4, -0.2) is 29.6 Å². The summed E-state index contributed by atoms with van der Waals surface area (Å²) in [5.41, 5.74) is 3.07. The van der Waals surface area contributed by atoms with Crippen LogP contribution in [0.25, 0.3) is 0 Å². The van der Waals surface area contributed by atoms with Crippen molar-refractivity contribution in [3.05, 3.63) is 29.3 Å². The highest BCUT2D eigenvalue weighted by molar-refractivity contribution is 8.93. The van der Waals surface area contributed by atoms with Crippen LogP contribution in [0.3, 0.4) is 0 Å². The van der Waals surface area contributed by atoms with E-state index in [2.05, 4.69) is 24.9 Å². The van der Waals surface area contributed by atoms with Gasteiger partial charge in [-0.25, -0.2) is 0 Å². The van der Waals surface area contributed by atoms with Crippen molar-refractivity contribution in [2.24, 2.45) is 0 Å². The van der Waals surface area contributed by atoms with Gasteiger partial charge in [-0.1, -0.05) is 13.0 Å². The summed E-state index contributed by atoms with van der Waals surface area (Å²) in [6, 6.07) is 6.58. The second-order valence-electron chi connectivity index (χ2n) is 5.90. The second kappa shape index (κ2) is 4.86. The minimum absolute atomic E-state index is 0. The lowest BCUT2D eigenvalue weighted by Gasteiger charge is -2.51. The largest absolute Gasteiger partial charge is 0.508 e. The standard InChI is InChI=1S/C15H21NO.BrH/c1-15-8-3-9-16(2)14(15)7-5-11-4-6-12(17)10-13(11)15;/h4,6,10,14,17H,3,5,7-9H2,1-2H3;1H/t14-,15+;/m1./s1. The Balaban J connectivity index is 0.00000120. The van der Waals surface area contributed by atoms with Gasteiger partial charge in [0.25, 0.3) is 0 Å². The number of hydrogen-bond acceptors (Lipinski definition) is 2. The summed E-state index contributed by atoms with van der Waals surface area (Å²) < 4.78 is 0. The zero-order valence-corrected chi connectivity index (χ0v) is 12.9. The second-order valence-corrected chi connectivity index (χ2v) is 5.90. The highest BCUT2D eigenvalue weighted by Crippen LogP contribution is 2.45. The Morgan fingerprint density at radius 2 is 2.17 bits per heavy atom. The smallest absolute Gasteiger partial charge is 0.115 e. The number of likely N-dealkylation sites (tertiary alicyclic amines) is 1. The molecule has 1 aromatic rings. The Kier molecular flexibility index (Phi) is 3.75. The molecule has 0 unspecified atom stereocenters. The van der Waals surface area contributed by atoms with E-state index >= 15 is 0 Å². The van der Waals surface area contributed by atoms with Crippen molar-refractivity contribution in [1.29, 1.82) is 0 Å². The van der Waals surface area contributed by atoms with Crippen LogP contribution in [0.1, 0.15) is 37.3 Å². The van der Waals surface area contributed by atoms with E-state index in [4.69, 9.17) is 0 Å². The molecule has 1 N–H and O–H groups in total. The van der Waals surface area contributed by atoms with Crippen molar-refractivity contribution >= 4 is 17.0 Å². The molecule has 1 saturated heterocycles. The van der Waals surface area contributed by atoms with Crippen LogP contribution in [0.15, 0.2) is 18.2 Å². The molecule has 1 aliphatic heterocycles. The minimum atomic E-state index is 0. The fraction of sp³-hybridized carbons (Fsp3) is 0.600. The molecule has 0 bridgehead atoms. The van der Waals surface area contributed by atoms with Gasteiger partial charge in [0.05, 0.1) is 0 Å². The predicted molar refractivity (Wildman–Crippen MR) is 79.8 cm³/mol. The molecule has 1 fully saturated rings. The molecule has 3 heteroatoms. The quantitative estimate of drug-likeness (QED) is 0.795. The number of piperidine rings is 1. The lowest BCUT2D eigenvalue weighted by atomic mass is 9.63. The van der Waals surface area contributed by atoms with Gasteiger partial charge in [0, 0.05) is 11.5 Å². The van der Waals surface area contributed by atoms with Crippen LogP contribution < -0.4 is 0 Å². The number of nitrogens with zero attached hydrogens (tertiary/aromatic N) is 1. The van der Waals surface area contributed by atoms with E-state index in [1.165, 1.54) is 36.9 Å². The van der Waals surface area contributed by atoms with Crippen LogP contribution in [0.2, 0.25) is 0 Å². The molecule has 0 radical (unpaired) electrons. The van der Waals surface area contributed by atoms with Crippen LogP contribution in [-0.2, 0) is 11.8 Å². The third-order valence-corrected chi connectivity index (χ3v) is 4.87. The number of aromatic hydroxyl groups is 1. The fourth-order valence-corrected chi connectivity index (χ4v) is 3.96. The average Bonchev–Trinajstić information content (AvgIpc) is 2.29.